The van der Waals surface area contributed by atoms with E-state index in [0.29, 0.717) is 42.0 Å². The molecule has 5 nitrogen and oxygen atoms in total. The second-order valence-electron chi connectivity index (χ2n) is 14.6. The molecule has 1 fully saturated rings. The monoisotopic (exact) mass is 727 g/mol. The van der Waals surface area contributed by atoms with Gasteiger partial charge in [-0.1, -0.05) is 70.7 Å². The predicted molar refractivity (Wildman–Crippen MR) is 183 cm³/mol. The van der Waals surface area contributed by atoms with Gasteiger partial charge >= 0.3 is 0 Å². The summed E-state index contributed by atoms with van der Waals surface area (Å²) >= 11 is 8.37. The molecule has 0 spiro atoms. The summed E-state index contributed by atoms with van der Waals surface area (Å²) in [4.78, 5) is 31.1. The van der Waals surface area contributed by atoms with Crippen LogP contribution in [0.5, 0.6) is 11.5 Å². The summed E-state index contributed by atoms with van der Waals surface area (Å²) in [6.45, 7) is 9.21. The zero-order valence-electron chi connectivity index (χ0n) is 26.5. The maximum absolute atomic E-state index is 14.3. The molecule has 0 aromatic heterocycles. The van der Waals surface area contributed by atoms with Gasteiger partial charge in [0.05, 0.1) is 10.7 Å². The zero-order chi connectivity index (χ0) is 31.4. The Bertz CT molecular complexity index is 1490. The SMILES string of the molecule is COc1cc(C2C3=C(CC(C)(C)CC3=O)N(C3CCCCC3)C3=C2C(=O)CC(C)(C)C3)cc(I)c1OCc1ccc(Cl)cc1. The first kappa shape index (κ1) is 31.7. The van der Waals surface area contributed by atoms with Crippen molar-refractivity contribution in [1.29, 1.82) is 0 Å². The molecular formula is C37H43ClINO4. The number of hydrogen-bond acceptors (Lipinski definition) is 5. The molecule has 7 heteroatoms. The van der Waals surface area contributed by atoms with Crippen LogP contribution in [0.2, 0.25) is 5.02 Å². The Labute approximate surface area is 280 Å². The molecule has 0 bridgehead atoms. The lowest BCUT2D eigenvalue weighted by molar-refractivity contribution is -0.119. The molecule has 0 atom stereocenters. The molecule has 6 rings (SSSR count). The number of ether oxygens (including phenoxy) is 2. The molecule has 44 heavy (non-hydrogen) atoms. The molecule has 3 aliphatic carbocycles. The number of rotatable bonds is 6. The van der Waals surface area contributed by atoms with Crippen LogP contribution in [-0.4, -0.2) is 29.6 Å². The Hall–Kier alpha value is -2.32. The minimum Gasteiger partial charge on any atom is -0.493 e. The number of hydrogen-bond donors (Lipinski definition) is 0. The predicted octanol–water partition coefficient (Wildman–Crippen LogP) is 9.55. The van der Waals surface area contributed by atoms with E-state index < -0.39 is 5.92 Å². The van der Waals surface area contributed by atoms with Gasteiger partial charge in [-0.15, -0.1) is 0 Å². The highest BCUT2D eigenvalue weighted by atomic mass is 127. The van der Waals surface area contributed by atoms with Crippen LogP contribution >= 0.6 is 34.2 Å². The summed E-state index contributed by atoms with van der Waals surface area (Å²) in [7, 11) is 1.65. The standard InChI is InChI=1S/C37H43ClINO4/c1-36(2)17-27-33(29(41)19-36)32(34-28(18-37(3,4)20-30(34)42)40(27)25-9-7-6-8-10-25)23-15-26(39)35(31(16-23)43-5)44-21-22-11-13-24(38)14-12-22/h11-16,25,32H,6-10,17-21H2,1-5H3. The number of methoxy groups -OCH3 is 1. The summed E-state index contributed by atoms with van der Waals surface area (Å²) in [5.74, 6) is 1.19. The fourth-order valence-electron chi connectivity index (χ4n) is 7.89. The minimum atomic E-state index is -0.403. The van der Waals surface area contributed by atoms with Gasteiger partial charge in [0.2, 0.25) is 0 Å². The number of allylic oxidation sites excluding steroid dienone is 4. The number of Topliss-reactive ketones (excluding diaryl/α,β-unsaturated/α-hetero) is 2. The van der Waals surface area contributed by atoms with Crippen molar-refractivity contribution in [2.75, 3.05) is 7.11 Å². The third kappa shape index (κ3) is 6.10. The Morgan fingerprint density at radius 2 is 1.43 bits per heavy atom. The summed E-state index contributed by atoms with van der Waals surface area (Å²) in [6.07, 6.45) is 8.49. The van der Waals surface area contributed by atoms with E-state index in [2.05, 4.69) is 61.3 Å². The molecule has 0 N–H and O–H groups in total. The van der Waals surface area contributed by atoms with Crippen LogP contribution < -0.4 is 9.47 Å². The fraction of sp³-hybridized carbons (Fsp3) is 0.514. The highest BCUT2D eigenvalue weighted by molar-refractivity contribution is 14.1. The van der Waals surface area contributed by atoms with Gasteiger partial charge in [-0.3, -0.25) is 9.59 Å². The first-order chi connectivity index (χ1) is 20.9. The van der Waals surface area contributed by atoms with E-state index in [1.165, 1.54) is 19.3 Å². The fourth-order valence-corrected chi connectivity index (χ4v) is 8.80. The normalized spacial score (nSPS) is 22.2. The van der Waals surface area contributed by atoms with Gasteiger partial charge < -0.3 is 14.4 Å². The average molecular weight is 728 g/mol. The molecule has 0 amide bonds. The molecule has 2 aromatic carbocycles. The highest BCUT2D eigenvalue weighted by Crippen LogP contribution is 2.56. The Balaban J connectivity index is 1.50. The summed E-state index contributed by atoms with van der Waals surface area (Å²) in [5, 5.41) is 0.684. The topological polar surface area (TPSA) is 55.8 Å². The highest BCUT2D eigenvalue weighted by Gasteiger charge is 2.50. The third-order valence-corrected chi connectivity index (χ3v) is 10.8. The van der Waals surface area contributed by atoms with Crippen LogP contribution in [0.4, 0.5) is 0 Å². The average Bonchev–Trinajstić information content (AvgIpc) is 2.95. The Kier molecular flexibility index (Phi) is 8.72. The maximum Gasteiger partial charge on any atom is 0.174 e. The molecule has 0 radical (unpaired) electrons. The van der Waals surface area contributed by atoms with Gasteiger partial charge in [0.1, 0.15) is 6.61 Å². The molecule has 2 aromatic rings. The quantitative estimate of drug-likeness (QED) is 0.278. The summed E-state index contributed by atoms with van der Waals surface area (Å²) < 4.78 is 13.1. The van der Waals surface area contributed by atoms with Crippen molar-refractivity contribution in [2.24, 2.45) is 10.8 Å². The van der Waals surface area contributed by atoms with Crippen molar-refractivity contribution in [3.05, 3.63) is 78.7 Å². The third-order valence-electron chi connectivity index (χ3n) is 9.77. The van der Waals surface area contributed by atoms with Crippen molar-refractivity contribution >= 4 is 45.8 Å². The lowest BCUT2D eigenvalue weighted by atomic mass is 9.63. The van der Waals surface area contributed by atoms with Crippen LogP contribution in [0.25, 0.3) is 0 Å². The maximum atomic E-state index is 14.3. The van der Waals surface area contributed by atoms with Crippen molar-refractivity contribution < 1.29 is 19.1 Å². The van der Waals surface area contributed by atoms with Gasteiger partial charge in [0.15, 0.2) is 23.1 Å². The van der Waals surface area contributed by atoms with Gasteiger partial charge in [-0.05, 0) is 94.5 Å². The first-order valence-corrected chi connectivity index (χ1v) is 17.4. The number of benzene rings is 2. The van der Waals surface area contributed by atoms with E-state index in [0.717, 1.165) is 62.9 Å². The van der Waals surface area contributed by atoms with Gasteiger partial charge in [-0.25, -0.2) is 0 Å². The van der Waals surface area contributed by atoms with E-state index >= 15 is 0 Å². The van der Waals surface area contributed by atoms with E-state index in [1.807, 2.05) is 30.3 Å². The smallest absolute Gasteiger partial charge is 0.174 e. The second kappa shape index (κ2) is 12.1. The van der Waals surface area contributed by atoms with Gasteiger partial charge in [0.25, 0.3) is 0 Å². The van der Waals surface area contributed by atoms with E-state index in [-0.39, 0.29) is 22.4 Å². The van der Waals surface area contributed by atoms with Crippen LogP contribution in [0.15, 0.2) is 58.9 Å². The minimum absolute atomic E-state index is 0.134. The number of halogens is 2. The van der Waals surface area contributed by atoms with Crippen molar-refractivity contribution in [3.8, 4) is 11.5 Å². The second-order valence-corrected chi connectivity index (χ2v) is 16.2. The Morgan fingerprint density at radius 3 is 1.98 bits per heavy atom. The molecule has 0 unspecified atom stereocenters. The molecule has 1 saturated carbocycles. The van der Waals surface area contributed by atoms with Crippen LogP contribution in [0.1, 0.15) is 103 Å². The molecule has 1 heterocycles. The lowest BCUT2D eigenvalue weighted by Gasteiger charge is -2.52. The van der Waals surface area contributed by atoms with Crippen molar-refractivity contribution in [1.82, 2.24) is 4.90 Å². The summed E-state index contributed by atoms with van der Waals surface area (Å²) in [5.41, 5.74) is 5.63. The largest absolute Gasteiger partial charge is 0.493 e. The number of nitrogens with zero attached hydrogens (tertiary/aromatic N) is 1. The van der Waals surface area contributed by atoms with Crippen molar-refractivity contribution in [3.63, 3.8) is 0 Å². The molecule has 234 valence electrons. The molecule has 4 aliphatic rings. The van der Waals surface area contributed by atoms with E-state index in [4.69, 9.17) is 21.1 Å². The molecule has 0 saturated heterocycles. The summed E-state index contributed by atoms with van der Waals surface area (Å²) in [6, 6.07) is 12.0. The number of carbonyl (C=O) groups is 2. The van der Waals surface area contributed by atoms with Gasteiger partial charge in [0, 0.05) is 52.4 Å². The van der Waals surface area contributed by atoms with Gasteiger partial charge in [-0.2, -0.15) is 0 Å². The Morgan fingerprint density at radius 1 is 0.864 bits per heavy atom. The van der Waals surface area contributed by atoms with E-state index in [1.54, 1.807) is 7.11 Å². The van der Waals surface area contributed by atoms with Crippen LogP contribution in [-0.2, 0) is 16.2 Å². The molecule has 1 aliphatic heterocycles. The lowest BCUT2D eigenvalue weighted by Crippen LogP contribution is -2.48. The number of carbonyl (C=O) groups excluding carboxylic acids is 2. The zero-order valence-corrected chi connectivity index (χ0v) is 29.4. The van der Waals surface area contributed by atoms with Crippen LogP contribution in [0, 0.1) is 14.4 Å². The van der Waals surface area contributed by atoms with Crippen LogP contribution in [0.3, 0.4) is 0 Å². The number of ketones is 2. The molecular weight excluding hydrogens is 685 g/mol. The van der Waals surface area contributed by atoms with E-state index in [9.17, 15) is 9.59 Å². The first-order valence-electron chi connectivity index (χ1n) is 15.9. The van der Waals surface area contributed by atoms with Crippen molar-refractivity contribution in [2.45, 2.75) is 104 Å².